The minimum atomic E-state index is 0.773. The zero-order valence-electron chi connectivity index (χ0n) is 17.9. The molecule has 7 heteroatoms. The Kier molecular flexibility index (Phi) is 8.03. The van der Waals surface area contributed by atoms with E-state index in [9.17, 15) is 0 Å². The molecule has 1 aromatic heterocycles. The van der Waals surface area contributed by atoms with Crippen LogP contribution in [0, 0.1) is 13.8 Å². The number of nitrogens with one attached hydrogen (secondary N) is 1. The molecule has 1 N–H and O–H groups in total. The first kappa shape index (κ1) is 21.7. The van der Waals surface area contributed by atoms with E-state index in [2.05, 4.69) is 57.9 Å². The van der Waals surface area contributed by atoms with Gasteiger partial charge in [0, 0.05) is 63.7 Å². The standard InChI is InChI=1S/C22H33N5OS/c1-4-28-16-8-11-23-22(29)26-14-12-25(13-15-26)17-21-18(2)24-27(19(21)3)20-9-6-5-7-10-20/h5-7,9-10H,4,8,11-17H2,1-3H3,(H,23,29). The number of rotatable bonds is 8. The lowest BCUT2D eigenvalue weighted by Crippen LogP contribution is -2.51. The Labute approximate surface area is 179 Å². The molecule has 1 fully saturated rings. The fourth-order valence-electron chi connectivity index (χ4n) is 3.68. The molecule has 0 unspecified atom stereocenters. The van der Waals surface area contributed by atoms with Crippen molar-refractivity contribution in [3.63, 3.8) is 0 Å². The quantitative estimate of drug-likeness (QED) is 0.528. The summed E-state index contributed by atoms with van der Waals surface area (Å²) in [6.07, 6.45) is 0.984. The van der Waals surface area contributed by atoms with E-state index in [0.29, 0.717) is 0 Å². The van der Waals surface area contributed by atoms with Gasteiger partial charge < -0.3 is 15.0 Å². The Balaban J connectivity index is 1.50. The molecule has 2 heterocycles. The van der Waals surface area contributed by atoms with E-state index in [1.165, 1.54) is 11.3 Å². The largest absolute Gasteiger partial charge is 0.382 e. The van der Waals surface area contributed by atoms with Crippen LogP contribution in [-0.2, 0) is 11.3 Å². The second-order valence-corrected chi connectivity index (χ2v) is 7.83. The summed E-state index contributed by atoms with van der Waals surface area (Å²) in [5, 5.41) is 9.01. The predicted octanol–water partition coefficient (Wildman–Crippen LogP) is 2.91. The summed E-state index contributed by atoms with van der Waals surface area (Å²) < 4.78 is 7.43. The fraction of sp³-hybridized carbons (Fsp3) is 0.545. The highest BCUT2D eigenvalue weighted by Gasteiger charge is 2.21. The molecular formula is C22H33N5OS. The van der Waals surface area contributed by atoms with E-state index in [4.69, 9.17) is 22.1 Å². The average Bonchev–Trinajstić information content (AvgIpc) is 3.03. The third-order valence-corrected chi connectivity index (χ3v) is 5.83. The Morgan fingerprint density at radius 1 is 1.14 bits per heavy atom. The van der Waals surface area contributed by atoms with Crippen molar-refractivity contribution < 1.29 is 4.74 Å². The van der Waals surface area contributed by atoms with Crippen LogP contribution in [0.4, 0.5) is 0 Å². The van der Waals surface area contributed by atoms with Crippen LogP contribution < -0.4 is 5.32 Å². The van der Waals surface area contributed by atoms with Crippen LogP contribution in [0.5, 0.6) is 0 Å². The van der Waals surface area contributed by atoms with Crippen LogP contribution in [0.3, 0.4) is 0 Å². The van der Waals surface area contributed by atoms with Gasteiger partial charge in [-0.3, -0.25) is 4.90 Å². The van der Waals surface area contributed by atoms with Crippen molar-refractivity contribution in [3.05, 3.63) is 47.3 Å². The van der Waals surface area contributed by atoms with Crippen LogP contribution in [0.1, 0.15) is 30.3 Å². The maximum atomic E-state index is 5.56. The number of para-hydroxylation sites is 1. The molecular weight excluding hydrogens is 382 g/mol. The maximum Gasteiger partial charge on any atom is 0.169 e. The zero-order chi connectivity index (χ0) is 20.6. The Hall–Kier alpha value is -1.96. The topological polar surface area (TPSA) is 45.6 Å². The van der Waals surface area contributed by atoms with Crippen molar-refractivity contribution >= 4 is 17.3 Å². The molecule has 0 saturated carbocycles. The van der Waals surface area contributed by atoms with Gasteiger partial charge in [0.05, 0.1) is 11.4 Å². The van der Waals surface area contributed by atoms with Gasteiger partial charge in [-0.2, -0.15) is 5.10 Å². The lowest BCUT2D eigenvalue weighted by atomic mass is 10.1. The highest BCUT2D eigenvalue weighted by Crippen LogP contribution is 2.20. The number of thiocarbonyl (C=S) groups is 1. The normalized spacial score (nSPS) is 14.9. The van der Waals surface area contributed by atoms with E-state index in [1.54, 1.807) is 0 Å². The maximum absolute atomic E-state index is 5.56. The van der Waals surface area contributed by atoms with Gasteiger partial charge in [0.15, 0.2) is 5.11 Å². The minimum Gasteiger partial charge on any atom is -0.382 e. The van der Waals surface area contributed by atoms with Gasteiger partial charge in [-0.1, -0.05) is 18.2 Å². The first-order valence-electron chi connectivity index (χ1n) is 10.5. The van der Waals surface area contributed by atoms with Crippen LogP contribution >= 0.6 is 12.2 Å². The van der Waals surface area contributed by atoms with Gasteiger partial charge >= 0.3 is 0 Å². The molecule has 0 amide bonds. The van der Waals surface area contributed by atoms with Gasteiger partial charge in [0.1, 0.15) is 0 Å². The van der Waals surface area contributed by atoms with E-state index in [0.717, 1.165) is 75.4 Å². The third kappa shape index (κ3) is 5.78. The number of nitrogens with zero attached hydrogens (tertiary/aromatic N) is 4. The summed E-state index contributed by atoms with van der Waals surface area (Å²) in [5.74, 6) is 0. The molecule has 0 bridgehead atoms. The minimum absolute atomic E-state index is 0.773. The van der Waals surface area contributed by atoms with Crippen molar-refractivity contribution in [2.24, 2.45) is 0 Å². The van der Waals surface area contributed by atoms with E-state index in [-0.39, 0.29) is 0 Å². The van der Waals surface area contributed by atoms with Crippen molar-refractivity contribution in [3.8, 4) is 5.69 Å². The summed E-state index contributed by atoms with van der Waals surface area (Å²) >= 11 is 5.56. The first-order chi connectivity index (χ1) is 14.1. The van der Waals surface area contributed by atoms with Crippen LogP contribution in [0.15, 0.2) is 30.3 Å². The Morgan fingerprint density at radius 3 is 2.55 bits per heavy atom. The predicted molar refractivity (Wildman–Crippen MR) is 122 cm³/mol. The molecule has 1 aromatic carbocycles. The van der Waals surface area contributed by atoms with Gasteiger partial charge in [-0.05, 0) is 51.5 Å². The summed E-state index contributed by atoms with van der Waals surface area (Å²) in [6, 6.07) is 10.3. The zero-order valence-corrected chi connectivity index (χ0v) is 18.7. The third-order valence-electron chi connectivity index (χ3n) is 5.43. The number of hydrogen-bond donors (Lipinski definition) is 1. The van der Waals surface area contributed by atoms with Crippen LogP contribution in [-0.4, -0.2) is 70.6 Å². The van der Waals surface area contributed by atoms with Gasteiger partial charge in [0.25, 0.3) is 0 Å². The molecule has 158 valence electrons. The summed E-state index contributed by atoms with van der Waals surface area (Å²) in [6.45, 7) is 13.6. The molecule has 1 aliphatic rings. The number of aryl methyl sites for hydroxylation is 1. The number of piperazine rings is 1. The molecule has 2 aromatic rings. The summed E-state index contributed by atoms with van der Waals surface area (Å²) in [4.78, 5) is 4.78. The number of aromatic nitrogens is 2. The number of benzene rings is 1. The van der Waals surface area contributed by atoms with Crippen LogP contribution in [0.25, 0.3) is 5.69 Å². The van der Waals surface area contributed by atoms with E-state index < -0.39 is 0 Å². The van der Waals surface area contributed by atoms with Gasteiger partial charge in [-0.15, -0.1) is 0 Å². The first-order valence-corrected chi connectivity index (χ1v) is 10.9. The van der Waals surface area contributed by atoms with Gasteiger partial charge in [-0.25, -0.2) is 4.68 Å². The fourth-order valence-corrected chi connectivity index (χ4v) is 3.97. The molecule has 0 spiro atoms. The van der Waals surface area contributed by atoms with Crippen molar-refractivity contribution in [1.82, 2.24) is 24.9 Å². The monoisotopic (exact) mass is 415 g/mol. The highest BCUT2D eigenvalue weighted by molar-refractivity contribution is 7.80. The number of ether oxygens (including phenoxy) is 1. The molecule has 1 aliphatic heterocycles. The average molecular weight is 416 g/mol. The molecule has 1 saturated heterocycles. The molecule has 0 aliphatic carbocycles. The Morgan fingerprint density at radius 2 is 1.86 bits per heavy atom. The Bertz CT molecular complexity index is 784. The van der Waals surface area contributed by atoms with E-state index in [1.807, 2.05) is 13.0 Å². The molecule has 6 nitrogen and oxygen atoms in total. The van der Waals surface area contributed by atoms with Gasteiger partial charge in [0.2, 0.25) is 0 Å². The number of hydrogen-bond acceptors (Lipinski definition) is 4. The van der Waals surface area contributed by atoms with Crippen molar-refractivity contribution in [2.75, 3.05) is 45.9 Å². The second-order valence-electron chi connectivity index (χ2n) is 7.44. The molecule has 29 heavy (non-hydrogen) atoms. The summed E-state index contributed by atoms with van der Waals surface area (Å²) in [7, 11) is 0. The lowest BCUT2D eigenvalue weighted by Gasteiger charge is -2.36. The van der Waals surface area contributed by atoms with Crippen molar-refractivity contribution in [2.45, 2.75) is 33.7 Å². The second kappa shape index (κ2) is 10.7. The smallest absolute Gasteiger partial charge is 0.169 e. The van der Waals surface area contributed by atoms with Crippen molar-refractivity contribution in [1.29, 1.82) is 0 Å². The SMILES string of the molecule is CCOCCCNC(=S)N1CCN(Cc2c(C)nn(-c3ccccc3)c2C)CC1. The molecule has 0 radical (unpaired) electrons. The molecule has 3 rings (SSSR count). The lowest BCUT2D eigenvalue weighted by molar-refractivity contribution is 0.145. The van der Waals surface area contributed by atoms with Crippen LogP contribution in [0.2, 0.25) is 0 Å². The highest BCUT2D eigenvalue weighted by atomic mass is 32.1. The van der Waals surface area contributed by atoms with E-state index >= 15 is 0 Å². The summed E-state index contributed by atoms with van der Waals surface area (Å²) in [5.41, 5.74) is 4.78. The molecule has 0 atom stereocenters.